The summed E-state index contributed by atoms with van der Waals surface area (Å²) < 4.78 is 29.4. The van der Waals surface area contributed by atoms with Gasteiger partial charge in [0, 0.05) is 5.69 Å². The van der Waals surface area contributed by atoms with E-state index in [2.05, 4.69) is 0 Å². The molecule has 0 spiro atoms. The fraction of sp³-hybridized carbons (Fsp3) is 0. The van der Waals surface area contributed by atoms with E-state index in [1.165, 1.54) is 24.3 Å². The van der Waals surface area contributed by atoms with Crippen LogP contribution in [-0.2, 0) is 10.1 Å². The van der Waals surface area contributed by atoms with E-state index in [1.807, 2.05) is 0 Å². The van der Waals surface area contributed by atoms with Crippen LogP contribution in [0.1, 0.15) is 0 Å². The Kier molecular flexibility index (Phi) is 6.83. The average molecular weight is 211 g/mol. The third kappa shape index (κ3) is 4.73. The second-order valence-electron chi connectivity index (χ2n) is 2.04. The number of nitrogens with two attached hydrogens (primary N) is 1. The maximum absolute atomic E-state index is 10.5. The summed E-state index contributed by atoms with van der Waals surface area (Å²) in [5.41, 5.74) is 5.75. The quantitative estimate of drug-likeness (QED) is 0.343. The number of hydrogen-bond acceptors (Lipinski definition) is 3. The van der Waals surface area contributed by atoms with Gasteiger partial charge in [0.2, 0.25) is 0 Å². The van der Waals surface area contributed by atoms with E-state index in [-0.39, 0.29) is 41.1 Å². The molecule has 0 atom stereocenters. The van der Waals surface area contributed by atoms with E-state index in [4.69, 9.17) is 10.3 Å². The summed E-state index contributed by atoms with van der Waals surface area (Å²) in [6, 6.07) is 5.29. The zero-order valence-corrected chi connectivity index (χ0v) is 6.38. The van der Waals surface area contributed by atoms with Gasteiger partial charge in [0.1, 0.15) is 0 Å². The number of anilines is 1. The molecule has 1 aromatic carbocycles. The van der Waals surface area contributed by atoms with Crippen molar-refractivity contribution in [1.82, 2.24) is 0 Å². The summed E-state index contributed by atoms with van der Waals surface area (Å²) in [6.45, 7) is 0. The van der Waals surface area contributed by atoms with Crippen molar-refractivity contribution in [3.05, 3.63) is 24.3 Å². The monoisotopic (exact) mass is 211 g/mol. The Morgan fingerprint density at radius 1 is 1.15 bits per heavy atom. The molecular formula is C6H11AlLiNO3S. The van der Waals surface area contributed by atoms with Crippen LogP contribution in [-0.4, -0.2) is 49.2 Å². The molecule has 7 heteroatoms. The molecule has 0 aromatic heterocycles. The Balaban J connectivity index is 0. The first kappa shape index (κ1) is 15.5. The zero-order valence-electron chi connectivity index (χ0n) is 5.56. The molecule has 0 fully saturated rings. The molecule has 0 aliphatic carbocycles. The Bertz CT molecular complexity index is 351. The molecular weight excluding hydrogens is 200 g/mol. The molecule has 0 heterocycles. The van der Waals surface area contributed by atoms with Crippen LogP contribution in [0.4, 0.5) is 5.69 Å². The van der Waals surface area contributed by atoms with Gasteiger partial charge in [0.05, 0.1) is 4.90 Å². The van der Waals surface area contributed by atoms with E-state index in [9.17, 15) is 8.42 Å². The topological polar surface area (TPSA) is 80.4 Å². The van der Waals surface area contributed by atoms with Crippen molar-refractivity contribution >= 4 is 52.0 Å². The van der Waals surface area contributed by atoms with Crippen LogP contribution in [0.2, 0.25) is 0 Å². The number of benzene rings is 1. The third-order valence-corrected chi connectivity index (χ3v) is 2.05. The summed E-state index contributed by atoms with van der Waals surface area (Å²) in [5, 5.41) is 0. The number of nitrogen functional groups attached to an aromatic ring is 1. The second kappa shape index (κ2) is 5.72. The van der Waals surface area contributed by atoms with Crippen LogP contribution >= 0.6 is 0 Å². The standard InChI is InChI=1S/C6H7NO3S.Al.Li.4H/c7-5-1-3-6(4-2-5)11(8,9)10;;;;;;/h1-4H,7H2,(H,8,9,10);;;;;;. The summed E-state index contributed by atoms with van der Waals surface area (Å²) in [5.74, 6) is 0. The molecule has 1 rings (SSSR count). The van der Waals surface area contributed by atoms with Gasteiger partial charge in [-0.25, -0.2) is 0 Å². The predicted molar refractivity (Wildman–Crippen MR) is 57.8 cm³/mol. The van der Waals surface area contributed by atoms with Gasteiger partial charge < -0.3 is 5.73 Å². The van der Waals surface area contributed by atoms with Crippen LogP contribution in [0.15, 0.2) is 29.2 Å². The average Bonchev–Trinajstić information content (AvgIpc) is 1.86. The van der Waals surface area contributed by atoms with Gasteiger partial charge in [0.15, 0.2) is 17.4 Å². The Morgan fingerprint density at radius 2 is 1.54 bits per heavy atom. The van der Waals surface area contributed by atoms with Gasteiger partial charge in [-0.05, 0) is 24.3 Å². The van der Waals surface area contributed by atoms with Gasteiger partial charge in [-0.2, -0.15) is 8.42 Å². The van der Waals surface area contributed by atoms with E-state index >= 15 is 0 Å². The van der Waals surface area contributed by atoms with Crippen LogP contribution in [0.3, 0.4) is 0 Å². The minimum atomic E-state index is -4.08. The molecule has 0 aliphatic rings. The molecule has 3 N–H and O–H groups in total. The first-order valence-electron chi connectivity index (χ1n) is 2.83. The SMILES string of the molecule is Nc1ccc(S(=O)(=O)O)cc1.[AlH3].[LiH]. The summed E-state index contributed by atoms with van der Waals surface area (Å²) >= 11 is 0. The zero-order chi connectivity index (χ0) is 8.48. The van der Waals surface area contributed by atoms with Gasteiger partial charge >= 0.3 is 18.9 Å². The van der Waals surface area contributed by atoms with E-state index < -0.39 is 10.1 Å². The van der Waals surface area contributed by atoms with Crippen LogP contribution in [0.25, 0.3) is 0 Å². The number of rotatable bonds is 1. The first-order chi connectivity index (χ1) is 5.00. The molecule has 0 amide bonds. The van der Waals surface area contributed by atoms with Gasteiger partial charge in [0.25, 0.3) is 10.1 Å². The molecule has 1 aromatic rings. The first-order valence-corrected chi connectivity index (χ1v) is 4.27. The predicted octanol–water partition coefficient (Wildman–Crippen LogP) is -1.32. The fourth-order valence-corrected chi connectivity index (χ4v) is 1.12. The summed E-state index contributed by atoms with van der Waals surface area (Å²) in [7, 11) is -4.08. The van der Waals surface area contributed by atoms with Gasteiger partial charge in [-0.15, -0.1) is 0 Å². The van der Waals surface area contributed by atoms with Crippen molar-refractivity contribution in [2.45, 2.75) is 4.90 Å². The Morgan fingerprint density at radius 3 is 1.85 bits per heavy atom. The fourth-order valence-electron chi connectivity index (χ4n) is 0.640. The van der Waals surface area contributed by atoms with Crippen molar-refractivity contribution in [3.63, 3.8) is 0 Å². The maximum atomic E-state index is 10.5. The molecule has 4 nitrogen and oxygen atoms in total. The third-order valence-electron chi connectivity index (χ3n) is 1.18. The molecule has 0 saturated heterocycles. The van der Waals surface area contributed by atoms with Crippen molar-refractivity contribution in [1.29, 1.82) is 0 Å². The normalized spacial score (nSPS) is 9.62. The molecule has 0 unspecified atom stereocenters. The molecule has 13 heavy (non-hydrogen) atoms. The Hall–Kier alpha value is 0.0599. The van der Waals surface area contributed by atoms with Crippen LogP contribution in [0, 0.1) is 0 Å². The summed E-state index contributed by atoms with van der Waals surface area (Å²) in [6.07, 6.45) is 0. The minimum absolute atomic E-state index is 0. The molecule has 68 valence electrons. The van der Waals surface area contributed by atoms with Crippen LogP contribution < -0.4 is 5.73 Å². The second-order valence-corrected chi connectivity index (χ2v) is 3.47. The van der Waals surface area contributed by atoms with E-state index in [0.29, 0.717) is 5.69 Å². The van der Waals surface area contributed by atoms with Gasteiger partial charge in [-0.3, -0.25) is 4.55 Å². The summed E-state index contributed by atoms with van der Waals surface area (Å²) in [4.78, 5) is -0.147. The van der Waals surface area contributed by atoms with Crippen molar-refractivity contribution in [2.24, 2.45) is 0 Å². The van der Waals surface area contributed by atoms with Crippen molar-refractivity contribution in [3.8, 4) is 0 Å². The van der Waals surface area contributed by atoms with E-state index in [0.717, 1.165) is 0 Å². The number of hydrogen-bond donors (Lipinski definition) is 2. The molecule has 0 aliphatic heterocycles. The molecule has 0 saturated carbocycles. The molecule has 0 bridgehead atoms. The van der Waals surface area contributed by atoms with Crippen molar-refractivity contribution < 1.29 is 13.0 Å². The Labute approximate surface area is 99.6 Å². The van der Waals surface area contributed by atoms with Gasteiger partial charge in [-0.1, -0.05) is 0 Å². The van der Waals surface area contributed by atoms with Crippen molar-refractivity contribution in [2.75, 3.05) is 5.73 Å². The molecule has 0 radical (unpaired) electrons. The van der Waals surface area contributed by atoms with E-state index in [1.54, 1.807) is 0 Å². The van der Waals surface area contributed by atoms with Crippen LogP contribution in [0.5, 0.6) is 0 Å².